The summed E-state index contributed by atoms with van der Waals surface area (Å²) in [7, 11) is 2.84. The number of ketones is 2. The summed E-state index contributed by atoms with van der Waals surface area (Å²) in [6.07, 6.45) is -2.20. The molecule has 0 heterocycles. The number of benzene rings is 1. The van der Waals surface area contributed by atoms with Crippen LogP contribution in [-0.2, 0) is 4.79 Å². The Balaban J connectivity index is 3.12. The third-order valence-electron chi connectivity index (χ3n) is 2.87. The maximum Gasteiger partial charge on any atom is 0.221 e. The fourth-order valence-electron chi connectivity index (χ4n) is 1.64. The molecule has 0 aliphatic rings. The van der Waals surface area contributed by atoms with Gasteiger partial charge >= 0.3 is 0 Å². The van der Waals surface area contributed by atoms with Crippen LogP contribution in [0.2, 0.25) is 0 Å². The molecule has 1 unspecified atom stereocenters. The maximum atomic E-state index is 14.1. The molecule has 1 aromatic rings. The smallest absolute Gasteiger partial charge is 0.221 e. The van der Waals surface area contributed by atoms with Gasteiger partial charge in [-0.1, -0.05) is 20.8 Å². The van der Waals surface area contributed by atoms with E-state index in [1.807, 2.05) is 0 Å². The molecule has 0 spiro atoms. The molecule has 0 N–H and O–H groups in total. The molecule has 0 amide bonds. The molecule has 0 bridgehead atoms. The SMILES string of the molecule is COc1ccc(C(=O)C(F)C(=O)C(C)(C)C)c(OC)c1. The lowest BCUT2D eigenvalue weighted by Crippen LogP contribution is -2.35. The monoisotopic (exact) mass is 282 g/mol. The quantitative estimate of drug-likeness (QED) is 0.615. The highest BCUT2D eigenvalue weighted by atomic mass is 19.1. The molecule has 0 saturated carbocycles. The van der Waals surface area contributed by atoms with E-state index in [0.717, 1.165) is 0 Å². The van der Waals surface area contributed by atoms with Gasteiger partial charge in [0.2, 0.25) is 12.0 Å². The van der Waals surface area contributed by atoms with Gasteiger partial charge in [-0.15, -0.1) is 0 Å². The Morgan fingerprint density at radius 1 is 1.15 bits per heavy atom. The summed E-state index contributed by atoms with van der Waals surface area (Å²) >= 11 is 0. The zero-order valence-corrected chi connectivity index (χ0v) is 12.3. The molecular formula is C15H19FO4. The molecule has 1 atom stereocenters. The average Bonchev–Trinajstić information content (AvgIpc) is 2.43. The van der Waals surface area contributed by atoms with Crippen molar-refractivity contribution in [3.05, 3.63) is 23.8 Å². The first-order valence-corrected chi connectivity index (χ1v) is 6.17. The van der Waals surface area contributed by atoms with E-state index in [2.05, 4.69) is 0 Å². The van der Waals surface area contributed by atoms with Gasteiger partial charge in [0.15, 0.2) is 5.78 Å². The van der Waals surface area contributed by atoms with Crippen LogP contribution >= 0.6 is 0 Å². The highest BCUT2D eigenvalue weighted by Gasteiger charge is 2.36. The first-order valence-electron chi connectivity index (χ1n) is 6.17. The Morgan fingerprint density at radius 2 is 1.75 bits per heavy atom. The maximum absolute atomic E-state index is 14.1. The Labute approximate surface area is 117 Å². The van der Waals surface area contributed by atoms with Gasteiger partial charge in [0.05, 0.1) is 19.8 Å². The Morgan fingerprint density at radius 3 is 2.20 bits per heavy atom. The predicted octanol–water partition coefficient (Wildman–Crippen LogP) is 2.84. The van der Waals surface area contributed by atoms with Crippen LogP contribution < -0.4 is 9.47 Å². The number of hydrogen-bond donors (Lipinski definition) is 0. The Hall–Kier alpha value is -1.91. The van der Waals surface area contributed by atoms with Gasteiger partial charge in [-0.2, -0.15) is 0 Å². The highest BCUT2D eigenvalue weighted by Crippen LogP contribution is 2.28. The molecule has 20 heavy (non-hydrogen) atoms. The van der Waals surface area contributed by atoms with Gasteiger partial charge < -0.3 is 9.47 Å². The third-order valence-corrected chi connectivity index (χ3v) is 2.87. The molecule has 0 aliphatic heterocycles. The van der Waals surface area contributed by atoms with Crippen molar-refractivity contribution in [1.82, 2.24) is 0 Å². The Bertz CT molecular complexity index is 517. The van der Waals surface area contributed by atoms with Crippen LogP contribution in [0.25, 0.3) is 0 Å². The molecule has 5 heteroatoms. The lowest BCUT2D eigenvalue weighted by Gasteiger charge is -2.19. The minimum Gasteiger partial charge on any atom is -0.497 e. The van der Waals surface area contributed by atoms with Crippen LogP contribution in [0.1, 0.15) is 31.1 Å². The van der Waals surface area contributed by atoms with E-state index in [-0.39, 0.29) is 11.3 Å². The summed E-state index contributed by atoms with van der Waals surface area (Å²) < 4.78 is 24.1. The van der Waals surface area contributed by atoms with Crippen molar-refractivity contribution in [2.75, 3.05) is 14.2 Å². The van der Waals surface area contributed by atoms with Gasteiger partial charge in [0.1, 0.15) is 11.5 Å². The third kappa shape index (κ3) is 3.35. The van der Waals surface area contributed by atoms with Crippen LogP contribution in [0, 0.1) is 5.41 Å². The van der Waals surface area contributed by atoms with Crippen molar-refractivity contribution in [3.8, 4) is 11.5 Å². The molecule has 1 rings (SSSR count). The zero-order chi connectivity index (χ0) is 15.5. The molecule has 0 radical (unpaired) electrons. The number of methoxy groups -OCH3 is 2. The number of Topliss-reactive ketones (excluding diaryl/α,β-unsaturated/α-hetero) is 2. The van der Waals surface area contributed by atoms with E-state index in [4.69, 9.17) is 9.47 Å². The van der Waals surface area contributed by atoms with Crippen LogP contribution in [0.15, 0.2) is 18.2 Å². The Kier molecular flexibility index (Phi) is 4.87. The molecule has 0 saturated heterocycles. The number of rotatable bonds is 5. The minimum atomic E-state index is -2.20. The molecule has 0 fully saturated rings. The van der Waals surface area contributed by atoms with Crippen molar-refractivity contribution in [2.24, 2.45) is 5.41 Å². The topological polar surface area (TPSA) is 52.6 Å². The van der Waals surface area contributed by atoms with Crippen LogP contribution in [0.4, 0.5) is 4.39 Å². The summed E-state index contributed by atoms with van der Waals surface area (Å²) in [5.74, 6) is -0.987. The number of halogens is 1. The number of carbonyl (C=O) groups is 2. The van der Waals surface area contributed by atoms with Gasteiger partial charge in [-0.25, -0.2) is 4.39 Å². The number of alkyl halides is 1. The summed E-state index contributed by atoms with van der Waals surface area (Å²) in [5.41, 5.74) is -0.896. The largest absolute Gasteiger partial charge is 0.497 e. The van der Waals surface area contributed by atoms with E-state index in [1.54, 1.807) is 20.8 Å². The highest BCUT2D eigenvalue weighted by molar-refractivity contribution is 6.15. The van der Waals surface area contributed by atoms with Gasteiger partial charge in [0.25, 0.3) is 0 Å². The number of ether oxygens (including phenoxy) is 2. The van der Waals surface area contributed by atoms with Gasteiger partial charge in [-0.3, -0.25) is 9.59 Å². The predicted molar refractivity (Wildman–Crippen MR) is 73.2 cm³/mol. The van der Waals surface area contributed by atoms with Gasteiger partial charge in [0, 0.05) is 11.5 Å². The fourth-order valence-corrected chi connectivity index (χ4v) is 1.64. The molecule has 0 aliphatic carbocycles. The molecule has 0 aromatic heterocycles. The molecular weight excluding hydrogens is 263 g/mol. The van der Waals surface area contributed by atoms with Crippen LogP contribution in [0.5, 0.6) is 11.5 Å². The second kappa shape index (κ2) is 6.03. The van der Waals surface area contributed by atoms with Gasteiger partial charge in [-0.05, 0) is 12.1 Å². The summed E-state index contributed by atoms with van der Waals surface area (Å²) in [6, 6.07) is 4.38. The number of hydrogen-bond acceptors (Lipinski definition) is 4. The van der Waals surface area contributed by atoms with Crippen molar-refractivity contribution in [1.29, 1.82) is 0 Å². The van der Waals surface area contributed by atoms with Crippen LogP contribution in [0.3, 0.4) is 0 Å². The van der Waals surface area contributed by atoms with Crippen molar-refractivity contribution >= 4 is 11.6 Å². The summed E-state index contributed by atoms with van der Waals surface area (Å²) in [4.78, 5) is 23.9. The van der Waals surface area contributed by atoms with E-state index in [9.17, 15) is 14.0 Å². The van der Waals surface area contributed by atoms with E-state index in [0.29, 0.717) is 5.75 Å². The van der Waals surface area contributed by atoms with Crippen molar-refractivity contribution < 1.29 is 23.5 Å². The normalized spacial score (nSPS) is 12.7. The standard InChI is InChI=1S/C15H19FO4/c1-15(2,3)14(18)12(16)13(17)10-7-6-9(19-4)8-11(10)20-5/h6-8,12H,1-5H3. The van der Waals surface area contributed by atoms with Crippen LogP contribution in [-0.4, -0.2) is 32.0 Å². The average molecular weight is 282 g/mol. The fraction of sp³-hybridized carbons (Fsp3) is 0.467. The minimum absolute atomic E-state index is 0.0263. The van der Waals surface area contributed by atoms with Crippen molar-refractivity contribution in [3.63, 3.8) is 0 Å². The van der Waals surface area contributed by atoms with E-state index >= 15 is 0 Å². The van der Waals surface area contributed by atoms with Crippen molar-refractivity contribution in [2.45, 2.75) is 26.9 Å². The lowest BCUT2D eigenvalue weighted by molar-refractivity contribution is -0.129. The summed E-state index contributed by atoms with van der Waals surface area (Å²) in [5, 5.41) is 0. The summed E-state index contributed by atoms with van der Waals surface area (Å²) in [6.45, 7) is 4.71. The molecule has 1 aromatic carbocycles. The lowest BCUT2D eigenvalue weighted by atomic mass is 9.85. The zero-order valence-electron chi connectivity index (χ0n) is 12.3. The first-order chi connectivity index (χ1) is 9.22. The van der Waals surface area contributed by atoms with E-state index in [1.165, 1.54) is 32.4 Å². The first kappa shape index (κ1) is 16.1. The molecule has 4 nitrogen and oxygen atoms in total. The second-order valence-corrected chi connectivity index (χ2v) is 5.41. The number of carbonyl (C=O) groups excluding carboxylic acids is 2. The van der Waals surface area contributed by atoms with E-state index < -0.39 is 23.2 Å². The molecule has 110 valence electrons. The second-order valence-electron chi connectivity index (χ2n) is 5.41.